The van der Waals surface area contributed by atoms with E-state index in [4.69, 9.17) is 4.74 Å². The van der Waals surface area contributed by atoms with Crippen LogP contribution < -0.4 is 0 Å². The Morgan fingerprint density at radius 1 is 1.15 bits per heavy atom. The number of carbonyl (C=O) groups is 1. The maximum atomic E-state index is 11.6. The maximum Gasteiger partial charge on any atom is 0.309 e. The minimum atomic E-state index is -0.316. The molecule has 0 aromatic carbocycles. The third-order valence-corrected chi connectivity index (χ3v) is 2.98. The second-order valence-electron chi connectivity index (χ2n) is 5.46. The Balaban J connectivity index is 1.84. The standard InChI is InChI=1S/C11H18O2/c1-11(2,3)13-10(12)9-5-7-4-8(7)6-9/h7-9H,4-6H2,1-3H3. The van der Waals surface area contributed by atoms with Crippen molar-refractivity contribution >= 4 is 5.97 Å². The summed E-state index contributed by atoms with van der Waals surface area (Å²) < 4.78 is 5.35. The van der Waals surface area contributed by atoms with Crippen LogP contribution in [0.1, 0.15) is 40.0 Å². The Hall–Kier alpha value is -0.530. The Labute approximate surface area is 79.7 Å². The number of hydrogen-bond acceptors (Lipinski definition) is 2. The number of carbonyl (C=O) groups excluding carboxylic acids is 1. The summed E-state index contributed by atoms with van der Waals surface area (Å²) in [5.41, 5.74) is -0.316. The molecule has 2 aliphatic carbocycles. The lowest BCUT2D eigenvalue weighted by atomic mass is 10.0. The molecule has 0 aromatic rings. The average molecular weight is 182 g/mol. The van der Waals surface area contributed by atoms with E-state index in [0.29, 0.717) is 0 Å². The molecular formula is C11H18O2. The highest BCUT2D eigenvalue weighted by atomic mass is 16.6. The third kappa shape index (κ3) is 2.04. The minimum Gasteiger partial charge on any atom is -0.460 e. The van der Waals surface area contributed by atoms with Gasteiger partial charge in [0.05, 0.1) is 5.92 Å². The van der Waals surface area contributed by atoms with Gasteiger partial charge in [0, 0.05) is 0 Å². The quantitative estimate of drug-likeness (QED) is 0.582. The van der Waals surface area contributed by atoms with E-state index >= 15 is 0 Å². The van der Waals surface area contributed by atoms with Gasteiger partial charge in [0.2, 0.25) is 0 Å². The molecule has 2 nitrogen and oxygen atoms in total. The van der Waals surface area contributed by atoms with Crippen LogP contribution in [0.15, 0.2) is 0 Å². The molecule has 0 heterocycles. The van der Waals surface area contributed by atoms with E-state index < -0.39 is 0 Å². The van der Waals surface area contributed by atoms with Crippen LogP contribution in [0, 0.1) is 17.8 Å². The Morgan fingerprint density at radius 3 is 2.15 bits per heavy atom. The lowest BCUT2D eigenvalue weighted by Gasteiger charge is -2.22. The Kier molecular flexibility index (Phi) is 1.90. The van der Waals surface area contributed by atoms with Gasteiger partial charge in [-0.05, 0) is 51.9 Å². The molecule has 2 saturated carbocycles. The molecule has 2 fully saturated rings. The van der Waals surface area contributed by atoms with Gasteiger partial charge in [0.25, 0.3) is 0 Å². The molecule has 0 spiro atoms. The molecular weight excluding hydrogens is 164 g/mol. The van der Waals surface area contributed by atoms with Gasteiger partial charge in [0.15, 0.2) is 0 Å². The van der Waals surface area contributed by atoms with Crippen molar-refractivity contribution in [3.8, 4) is 0 Å². The fraction of sp³-hybridized carbons (Fsp3) is 0.909. The van der Waals surface area contributed by atoms with Crippen LogP contribution in [0.5, 0.6) is 0 Å². The van der Waals surface area contributed by atoms with Crippen molar-refractivity contribution in [2.75, 3.05) is 0 Å². The smallest absolute Gasteiger partial charge is 0.309 e. The van der Waals surface area contributed by atoms with E-state index in [0.717, 1.165) is 24.7 Å². The zero-order chi connectivity index (χ0) is 9.64. The molecule has 0 saturated heterocycles. The molecule has 2 unspecified atom stereocenters. The molecule has 0 N–H and O–H groups in total. The van der Waals surface area contributed by atoms with Gasteiger partial charge in [-0.15, -0.1) is 0 Å². The zero-order valence-corrected chi connectivity index (χ0v) is 8.67. The first-order valence-corrected chi connectivity index (χ1v) is 5.18. The lowest BCUT2D eigenvalue weighted by molar-refractivity contribution is -0.160. The highest BCUT2D eigenvalue weighted by molar-refractivity contribution is 5.73. The normalized spacial score (nSPS) is 37.0. The van der Waals surface area contributed by atoms with E-state index in [1.54, 1.807) is 0 Å². The van der Waals surface area contributed by atoms with Crippen molar-refractivity contribution in [1.82, 2.24) is 0 Å². The molecule has 0 aliphatic heterocycles. The van der Waals surface area contributed by atoms with Crippen molar-refractivity contribution in [2.45, 2.75) is 45.6 Å². The van der Waals surface area contributed by atoms with Crippen molar-refractivity contribution < 1.29 is 9.53 Å². The molecule has 13 heavy (non-hydrogen) atoms. The minimum absolute atomic E-state index is 0.0275. The van der Waals surface area contributed by atoms with E-state index in [-0.39, 0.29) is 17.5 Å². The van der Waals surface area contributed by atoms with Crippen LogP contribution in [0.25, 0.3) is 0 Å². The molecule has 74 valence electrons. The van der Waals surface area contributed by atoms with Crippen LogP contribution in [-0.2, 0) is 9.53 Å². The molecule has 0 amide bonds. The molecule has 0 bridgehead atoms. The topological polar surface area (TPSA) is 26.3 Å². The summed E-state index contributed by atoms with van der Waals surface area (Å²) in [6, 6.07) is 0. The highest BCUT2D eigenvalue weighted by Crippen LogP contribution is 2.54. The summed E-state index contributed by atoms with van der Waals surface area (Å²) in [6.07, 6.45) is 3.53. The van der Waals surface area contributed by atoms with E-state index in [1.165, 1.54) is 6.42 Å². The van der Waals surface area contributed by atoms with Gasteiger partial charge in [0.1, 0.15) is 5.60 Å². The van der Waals surface area contributed by atoms with Crippen molar-refractivity contribution in [3.05, 3.63) is 0 Å². The second-order valence-corrected chi connectivity index (χ2v) is 5.46. The third-order valence-electron chi connectivity index (χ3n) is 2.98. The monoisotopic (exact) mass is 182 g/mol. The summed E-state index contributed by atoms with van der Waals surface area (Å²) in [5.74, 6) is 1.96. The average Bonchev–Trinajstić information content (AvgIpc) is 2.55. The van der Waals surface area contributed by atoms with E-state index in [9.17, 15) is 4.79 Å². The number of ether oxygens (including phenoxy) is 1. The van der Waals surface area contributed by atoms with Crippen molar-refractivity contribution in [3.63, 3.8) is 0 Å². The first-order valence-electron chi connectivity index (χ1n) is 5.18. The van der Waals surface area contributed by atoms with E-state index in [2.05, 4.69) is 0 Å². The second kappa shape index (κ2) is 2.73. The number of fused-ring (bicyclic) bond motifs is 1. The zero-order valence-electron chi connectivity index (χ0n) is 8.67. The summed E-state index contributed by atoms with van der Waals surface area (Å²) in [4.78, 5) is 11.6. The summed E-state index contributed by atoms with van der Waals surface area (Å²) >= 11 is 0. The molecule has 2 atom stereocenters. The van der Waals surface area contributed by atoms with Crippen LogP contribution in [0.4, 0.5) is 0 Å². The Morgan fingerprint density at radius 2 is 1.69 bits per heavy atom. The SMILES string of the molecule is CC(C)(C)OC(=O)C1CC2CC2C1. The molecule has 2 heteroatoms. The first-order chi connectivity index (χ1) is 5.96. The maximum absolute atomic E-state index is 11.6. The van der Waals surface area contributed by atoms with Crippen LogP contribution >= 0.6 is 0 Å². The van der Waals surface area contributed by atoms with Crippen LogP contribution in [0.2, 0.25) is 0 Å². The molecule has 2 aliphatic rings. The first kappa shape index (κ1) is 9.04. The number of esters is 1. The van der Waals surface area contributed by atoms with Gasteiger partial charge in [-0.2, -0.15) is 0 Å². The van der Waals surface area contributed by atoms with Crippen molar-refractivity contribution in [1.29, 1.82) is 0 Å². The number of hydrogen-bond donors (Lipinski definition) is 0. The van der Waals surface area contributed by atoms with Gasteiger partial charge in [-0.3, -0.25) is 4.79 Å². The fourth-order valence-electron chi connectivity index (χ4n) is 2.29. The van der Waals surface area contributed by atoms with Gasteiger partial charge in [-0.25, -0.2) is 0 Å². The van der Waals surface area contributed by atoms with Gasteiger partial charge in [-0.1, -0.05) is 0 Å². The summed E-state index contributed by atoms with van der Waals surface area (Å²) in [6.45, 7) is 5.79. The molecule has 2 rings (SSSR count). The van der Waals surface area contributed by atoms with Gasteiger partial charge < -0.3 is 4.74 Å². The highest BCUT2D eigenvalue weighted by Gasteiger charge is 2.48. The molecule has 0 aromatic heterocycles. The largest absolute Gasteiger partial charge is 0.460 e. The predicted octanol–water partition coefficient (Wildman–Crippen LogP) is 2.37. The van der Waals surface area contributed by atoms with Crippen molar-refractivity contribution in [2.24, 2.45) is 17.8 Å². The van der Waals surface area contributed by atoms with Gasteiger partial charge >= 0.3 is 5.97 Å². The molecule has 0 radical (unpaired) electrons. The van der Waals surface area contributed by atoms with Crippen LogP contribution in [0.3, 0.4) is 0 Å². The summed E-state index contributed by atoms with van der Waals surface area (Å²) in [7, 11) is 0. The predicted molar refractivity (Wildman–Crippen MR) is 50.2 cm³/mol. The van der Waals surface area contributed by atoms with E-state index in [1.807, 2.05) is 20.8 Å². The summed E-state index contributed by atoms with van der Waals surface area (Å²) in [5, 5.41) is 0. The Bertz CT molecular complexity index is 217. The fourth-order valence-corrected chi connectivity index (χ4v) is 2.29. The van der Waals surface area contributed by atoms with Crippen LogP contribution in [-0.4, -0.2) is 11.6 Å². The lowest BCUT2D eigenvalue weighted by Crippen LogP contribution is -2.28. The number of rotatable bonds is 1.